The summed E-state index contributed by atoms with van der Waals surface area (Å²) < 4.78 is 4.73. The summed E-state index contributed by atoms with van der Waals surface area (Å²) in [6.07, 6.45) is 2.08. The average Bonchev–Trinajstić information content (AvgIpc) is 2.34. The van der Waals surface area contributed by atoms with Gasteiger partial charge in [0.15, 0.2) is 0 Å². The Bertz CT molecular complexity index is 413. The summed E-state index contributed by atoms with van der Waals surface area (Å²) in [6, 6.07) is 5.74. The molecule has 1 rings (SSSR count). The van der Waals surface area contributed by atoms with E-state index in [1.807, 2.05) is 19.1 Å². The molecule has 0 bridgehead atoms. The first-order valence-electron chi connectivity index (χ1n) is 6.40. The monoisotopic (exact) mass is 249 g/mol. The van der Waals surface area contributed by atoms with Gasteiger partial charge in [-0.25, -0.2) is 4.79 Å². The molecule has 0 aliphatic heterocycles. The third-order valence-electron chi connectivity index (χ3n) is 3.14. The molecule has 0 spiro atoms. The molecule has 2 N–H and O–H groups in total. The molecule has 0 amide bonds. The summed E-state index contributed by atoms with van der Waals surface area (Å²) >= 11 is 0. The van der Waals surface area contributed by atoms with Crippen LogP contribution in [0.1, 0.15) is 54.2 Å². The lowest BCUT2D eigenvalue weighted by molar-refractivity contribution is 0.0600. The number of carbonyl (C=O) groups excluding carboxylic acids is 1. The molecule has 1 aromatic rings. The van der Waals surface area contributed by atoms with E-state index in [2.05, 4.69) is 13.8 Å². The van der Waals surface area contributed by atoms with Gasteiger partial charge in [0.2, 0.25) is 0 Å². The molecule has 0 aromatic heterocycles. The number of hydrogen-bond donors (Lipinski definition) is 1. The predicted octanol–water partition coefficient (Wildman–Crippen LogP) is 3.22. The zero-order chi connectivity index (χ0) is 13.7. The molecule has 18 heavy (non-hydrogen) atoms. The number of ether oxygens (including phenoxy) is 1. The first-order valence-corrected chi connectivity index (χ1v) is 6.40. The number of carbonyl (C=O) groups is 1. The molecular formula is C15H23NO2. The molecule has 0 radical (unpaired) electrons. The van der Waals surface area contributed by atoms with Crippen molar-refractivity contribution < 1.29 is 9.53 Å². The highest BCUT2D eigenvalue weighted by atomic mass is 16.5. The van der Waals surface area contributed by atoms with Crippen LogP contribution in [0.3, 0.4) is 0 Å². The minimum absolute atomic E-state index is 0.0396. The van der Waals surface area contributed by atoms with E-state index < -0.39 is 0 Å². The van der Waals surface area contributed by atoms with Gasteiger partial charge in [0.1, 0.15) is 0 Å². The van der Waals surface area contributed by atoms with E-state index in [9.17, 15) is 4.79 Å². The summed E-state index contributed by atoms with van der Waals surface area (Å²) in [5, 5.41) is 0. The van der Waals surface area contributed by atoms with Crippen LogP contribution in [0.2, 0.25) is 0 Å². The standard InChI is InChI=1S/C15H23NO2/c1-10(2)5-8-14(16)12-6-7-13(11(3)9-12)15(17)18-4/h6-7,9-10,14H,5,8,16H2,1-4H3. The van der Waals surface area contributed by atoms with Gasteiger partial charge in [0.25, 0.3) is 0 Å². The molecule has 1 unspecified atom stereocenters. The van der Waals surface area contributed by atoms with Crippen molar-refractivity contribution in [1.29, 1.82) is 0 Å². The Morgan fingerprint density at radius 3 is 2.50 bits per heavy atom. The molecule has 0 heterocycles. The summed E-state index contributed by atoms with van der Waals surface area (Å²) in [4.78, 5) is 11.5. The molecule has 1 atom stereocenters. The molecule has 0 saturated heterocycles. The van der Waals surface area contributed by atoms with E-state index in [1.54, 1.807) is 6.07 Å². The van der Waals surface area contributed by atoms with Crippen LogP contribution in [-0.2, 0) is 4.74 Å². The Balaban J connectivity index is 2.80. The van der Waals surface area contributed by atoms with Gasteiger partial charge in [-0.1, -0.05) is 26.0 Å². The molecule has 0 aliphatic carbocycles. The first-order chi connectivity index (χ1) is 8.45. The fourth-order valence-corrected chi connectivity index (χ4v) is 1.94. The first kappa shape index (κ1) is 14.7. The quantitative estimate of drug-likeness (QED) is 0.815. The molecule has 0 fully saturated rings. The van der Waals surface area contributed by atoms with Crippen LogP contribution in [-0.4, -0.2) is 13.1 Å². The highest BCUT2D eigenvalue weighted by Gasteiger charge is 2.12. The number of benzene rings is 1. The number of rotatable bonds is 5. The lowest BCUT2D eigenvalue weighted by Gasteiger charge is -2.15. The number of nitrogens with two attached hydrogens (primary N) is 1. The second kappa shape index (κ2) is 6.55. The number of aryl methyl sites for hydroxylation is 1. The lowest BCUT2D eigenvalue weighted by atomic mass is 9.95. The molecule has 3 heteroatoms. The van der Waals surface area contributed by atoms with Gasteiger partial charge in [-0.2, -0.15) is 0 Å². The second-order valence-electron chi connectivity index (χ2n) is 5.14. The van der Waals surface area contributed by atoms with Gasteiger partial charge < -0.3 is 10.5 Å². The summed E-state index contributed by atoms with van der Waals surface area (Å²) in [6.45, 7) is 6.29. The Morgan fingerprint density at radius 1 is 1.33 bits per heavy atom. The fraction of sp³-hybridized carbons (Fsp3) is 0.533. The maximum Gasteiger partial charge on any atom is 0.338 e. The lowest BCUT2D eigenvalue weighted by Crippen LogP contribution is -2.12. The van der Waals surface area contributed by atoms with E-state index in [-0.39, 0.29) is 12.0 Å². The van der Waals surface area contributed by atoms with E-state index in [0.29, 0.717) is 11.5 Å². The van der Waals surface area contributed by atoms with Gasteiger partial charge in [-0.15, -0.1) is 0 Å². The largest absolute Gasteiger partial charge is 0.465 e. The topological polar surface area (TPSA) is 52.3 Å². The maximum atomic E-state index is 11.5. The number of esters is 1. The van der Waals surface area contributed by atoms with Crippen LogP contribution in [0.4, 0.5) is 0 Å². The van der Waals surface area contributed by atoms with Crippen molar-refractivity contribution >= 4 is 5.97 Å². The van der Waals surface area contributed by atoms with Crippen molar-refractivity contribution in [2.75, 3.05) is 7.11 Å². The average molecular weight is 249 g/mol. The zero-order valence-corrected chi connectivity index (χ0v) is 11.7. The van der Waals surface area contributed by atoms with Crippen LogP contribution >= 0.6 is 0 Å². The normalized spacial score (nSPS) is 12.6. The fourth-order valence-electron chi connectivity index (χ4n) is 1.94. The van der Waals surface area contributed by atoms with Crippen molar-refractivity contribution in [3.05, 3.63) is 34.9 Å². The van der Waals surface area contributed by atoms with Crippen LogP contribution in [0, 0.1) is 12.8 Å². The van der Waals surface area contributed by atoms with Crippen molar-refractivity contribution in [1.82, 2.24) is 0 Å². The van der Waals surface area contributed by atoms with E-state index in [4.69, 9.17) is 10.5 Å². The zero-order valence-electron chi connectivity index (χ0n) is 11.7. The highest BCUT2D eigenvalue weighted by Crippen LogP contribution is 2.21. The smallest absolute Gasteiger partial charge is 0.338 e. The van der Waals surface area contributed by atoms with Crippen molar-refractivity contribution in [3.63, 3.8) is 0 Å². The minimum Gasteiger partial charge on any atom is -0.465 e. The number of methoxy groups -OCH3 is 1. The Morgan fingerprint density at radius 2 is 2.00 bits per heavy atom. The van der Waals surface area contributed by atoms with E-state index in [1.165, 1.54) is 7.11 Å². The van der Waals surface area contributed by atoms with Crippen molar-refractivity contribution in [2.45, 2.75) is 39.7 Å². The van der Waals surface area contributed by atoms with Crippen LogP contribution in [0.15, 0.2) is 18.2 Å². The third kappa shape index (κ3) is 3.84. The van der Waals surface area contributed by atoms with E-state index in [0.717, 1.165) is 24.0 Å². The van der Waals surface area contributed by atoms with Gasteiger partial charge in [0, 0.05) is 6.04 Å². The Kier molecular flexibility index (Phi) is 5.35. The van der Waals surface area contributed by atoms with Crippen molar-refractivity contribution in [2.24, 2.45) is 11.7 Å². The Labute approximate surface area is 109 Å². The molecule has 3 nitrogen and oxygen atoms in total. The van der Waals surface area contributed by atoms with Gasteiger partial charge >= 0.3 is 5.97 Å². The summed E-state index contributed by atoms with van der Waals surface area (Å²) in [7, 11) is 1.39. The number of hydrogen-bond acceptors (Lipinski definition) is 3. The minimum atomic E-state index is -0.296. The third-order valence-corrected chi connectivity index (χ3v) is 3.14. The summed E-state index contributed by atoms with van der Waals surface area (Å²) in [5.74, 6) is 0.362. The van der Waals surface area contributed by atoms with E-state index >= 15 is 0 Å². The van der Waals surface area contributed by atoms with Crippen LogP contribution in [0.5, 0.6) is 0 Å². The molecule has 0 aliphatic rings. The van der Waals surface area contributed by atoms with Gasteiger partial charge in [0.05, 0.1) is 12.7 Å². The Hall–Kier alpha value is -1.35. The summed E-state index contributed by atoms with van der Waals surface area (Å²) in [5.41, 5.74) is 8.76. The maximum absolute atomic E-state index is 11.5. The van der Waals surface area contributed by atoms with Crippen molar-refractivity contribution in [3.8, 4) is 0 Å². The molecule has 100 valence electrons. The second-order valence-corrected chi connectivity index (χ2v) is 5.14. The highest BCUT2D eigenvalue weighted by molar-refractivity contribution is 5.90. The van der Waals surface area contributed by atoms with Crippen LogP contribution < -0.4 is 5.73 Å². The molecule has 0 saturated carbocycles. The predicted molar refractivity (Wildman–Crippen MR) is 73.5 cm³/mol. The molecule has 1 aromatic carbocycles. The SMILES string of the molecule is COC(=O)c1ccc(C(N)CCC(C)C)cc1C. The van der Waals surface area contributed by atoms with Gasteiger partial charge in [-0.3, -0.25) is 0 Å². The van der Waals surface area contributed by atoms with Crippen LogP contribution in [0.25, 0.3) is 0 Å². The molecular weight excluding hydrogens is 226 g/mol. The van der Waals surface area contributed by atoms with Gasteiger partial charge in [-0.05, 0) is 42.9 Å².